The van der Waals surface area contributed by atoms with Crippen molar-refractivity contribution in [1.82, 2.24) is 5.32 Å². The van der Waals surface area contributed by atoms with Gasteiger partial charge < -0.3 is 5.32 Å². The van der Waals surface area contributed by atoms with E-state index in [2.05, 4.69) is 49.5 Å². The van der Waals surface area contributed by atoms with E-state index in [1.165, 1.54) is 63.4 Å². The van der Waals surface area contributed by atoms with Crippen molar-refractivity contribution in [2.45, 2.75) is 89.6 Å². The molecule has 118 valence electrons. The highest BCUT2D eigenvalue weighted by Crippen LogP contribution is 2.41. The molecule has 2 unspecified atom stereocenters. The number of rotatable bonds is 11. The van der Waals surface area contributed by atoms with Crippen LogP contribution < -0.4 is 5.32 Å². The molecular formula is C20H33N. The van der Waals surface area contributed by atoms with Crippen molar-refractivity contribution in [3.63, 3.8) is 0 Å². The van der Waals surface area contributed by atoms with Gasteiger partial charge in [-0.05, 0) is 24.8 Å². The summed E-state index contributed by atoms with van der Waals surface area (Å²) >= 11 is 0. The normalized spacial score (nSPS) is 20.9. The van der Waals surface area contributed by atoms with Crippen LogP contribution in [0.15, 0.2) is 30.3 Å². The zero-order valence-electron chi connectivity index (χ0n) is 14.0. The molecule has 0 spiro atoms. The van der Waals surface area contributed by atoms with E-state index in [4.69, 9.17) is 0 Å². The van der Waals surface area contributed by atoms with Crippen LogP contribution in [0.3, 0.4) is 0 Å². The predicted octanol–water partition coefficient (Wildman–Crippen LogP) is 5.66. The highest BCUT2D eigenvalue weighted by molar-refractivity contribution is 5.27. The van der Waals surface area contributed by atoms with Gasteiger partial charge in [0.2, 0.25) is 0 Å². The largest absolute Gasteiger partial charge is 0.311 e. The Kier molecular flexibility index (Phi) is 7.29. The minimum atomic E-state index is 0.737. The zero-order chi connectivity index (χ0) is 14.9. The monoisotopic (exact) mass is 287 g/mol. The van der Waals surface area contributed by atoms with E-state index < -0.39 is 0 Å². The Hall–Kier alpha value is -0.820. The first kappa shape index (κ1) is 16.5. The van der Waals surface area contributed by atoms with Crippen molar-refractivity contribution in [1.29, 1.82) is 0 Å². The standard InChI is InChI=1S/C20H33N/c1-3-5-8-14-18(15-9-6-4-2)21-20-16-19(20)17-12-10-7-11-13-17/h7,10-13,18-21H,3-6,8-9,14-16H2,1-2H3. The van der Waals surface area contributed by atoms with Crippen LogP contribution in [0.5, 0.6) is 0 Å². The van der Waals surface area contributed by atoms with E-state index in [9.17, 15) is 0 Å². The van der Waals surface area contributed by atoms with E-state index in [-0.39, 0.29) is 0 Å². The molecule has 1 aromatic carbocycles. The fourth-order valence-corrected chi connectivity index (χ4v) is 3.34. The molecule has 1 aliphatic carbocycles. The molecule has 0 saturated heterocycles. The number of benzene rings is 1. The lowest BCUT2D eigenvalue weighted by atomic mass is 10.0. The smallest absolute Gasteiger partial charge is 0.0145 e. The molecule has 0 aromatic heterocycles. The Labute approximate surface area is 131 Å². The van der Waals surface area contributed by atoms with Crippen LogP contribution >= 0.6 is 0 Å². The molecule has 0 bridgehead atoms. The maximum absolute atomic E-state index is 3.96. The first-order valence-corrected chi connectivity index (χ1v) is 9.16. The van der Waals surface area contributed by atoms with E-state index in [0.717, 1.165) is 18.0 Å². The molecule has 1 fully saturated rings. The molecule has 21 heavy (non-hydrogen) atoms. The average molecular weight is 287 g/mol. The molecule has 1 aromatic rings. The SMILES string of the molecule is CCCCCC(CCCCC)NC1CC1c1ccccc1. The van der Waals surface area contributed by atoms with E-state index in [1.807, 2.05) is 0 Å². The van der Waals surface area contributed by atoms with Gasteiger partial charge in [0, 0.05) is 18.0 Å². The van der Waals surface area contributed by atoms with Gasteiger partial charge in [0.05, 0.1) is 0 Å². The predicted molar refractivity (Wildman–Crippen MR) is 92.8 cm³/mol. The van der Waals surface area contributed by atoms with Crippen LogP contribution in [0.2, 0.25) is 0 Å². The molecule has 1 N–H and O–H groups in total. The Bertz CT molecular complexity index is 363. The third-order valence-electron chi connectivity index (χ3n) is 4.78. The molecule has 0 radical (unpaired) electrons. The van der Waals surface area contributed by atoms with Crippen molar-refractivity contribution in [3.05, 3.63) is 35.9 Å². The van der Waals surface area contributed by atoms with Crippen molar-refractivity contribution in [2.75, 3.05) is 0 Å². The third-order valence-corrected chi connectivity index (χ3v) is 4.78. The fourth-order valence-electron chi connectivity index (χ4n) is 3.34. The summed E-state index contributed by atoms with van der Waals surface area (Å²) < 4.78 is 0. The summed E-state index contributed by atoms with van der Waals surface area (Å²) in [5, 5.41) is 3.96. The molecule has 2 rings (SSSR count). The van der Waals surface area contributed by atoms with Crippen LogP contribution in [-0.2, 0) is 0 Å². The van der Waals surface area contributed by atoms with Gasteiger partial charge in [0.15, 0.2) is 0 Å². The van der Waals surface area contributed by atoms with Gasteiger partial charge in [-0.2, -0.15) is 0 Å². The van der Waals surface area contributed by atoms with Crippen molar-refractivity contribution >= 4 is 0 Å². The first-order valence-electron chi connectivity index (χ1n) is 9.16. The summed E-state index contributed by atoms with van der Waals surface area (Å²) in [5.74, 6) is 0.769. The van der Waals surface area contributed by atoms with E-state index >= 15 is 0 Å². The van der Waals surface area contributed by atoms with Gasteiger partial charge in [0.1, 0.15) is 0 Å². The molecule has 0 aliphatic heterocycles. The quantitative estimate of drug-likeness (QED) is 0.518. The molecule has 1 heteroatoms. The van der Waals surface area contributed by atoms with Gasteiger partial charge in [-0.15, -0.1) is 0 Å². The molecule has 0 heterocycles. The van der Waals surface area contributed by atoms with E-state index in [1.54, 1.807) is 0 Å². The Balaban J connectivity index is 1.75. The molecule has 1 aliphatic rings. The maximum atomic E-state index is 3.96. The second kappa shape index (κ2) is 9.25. The fraction of sp³-hybridized carbons (Fsp3) is 0.700. The lowest BCUT2D eigenvalue weighted by molar-refractivity contribution is 0.414. The van der Waals surface area contributed by atoms with Gasteiger partial charge in [0.25, 0.3) is 0 Å². The van der Waals surface area contributed by atoms with Gasteiger partial charge >= 0.3 is 0 Å². The maximum Gasteiger partial charge on any atom is 0.0145 e. The summed E-state index contributed by atoms with van der Waals surface area (Å²) in [6.45, 7) is 4.59. The number of hydrogen-bond donors (Lipinski definition) is 1. The van der Waals surface area contributed by atoms with Crippen molar-refractivity contribution in [2.24, 2.45) is 0 Å². The molecule has 2 atom stereocenters. The van der Waals surface area contributed by atoms with Crippen molar-refractivity contribution < 1.29 is 0 Å². The summed E-state index contributed by atoms with van der Waals surface area (Å²) in [6, 6.07) is 12.5. The second-order valence-electron chi connectivity index (χ2n) is 6.71. The molecule has 1 saturated carbocycles. The summed E-state index contributed by atoms with van der Waals surface area (Å²) in [7, 11) is 0. The molecular weight excluding hydrogens is 254 g/mol. The molecule has 0 amide bonds. The number of hydrogen-bond acceptors (Lipinski definition) is 1. The minimum absolute atomic E-state index is 0.737. The van der Waals surface area contributed by atoms with Crippen LogP contribution in [-0.4, -0.2) is 12.1 Å². The van der Waals surface area contributed by atoms with Gasteiger partial charge in [-0.25, -0.2) is 0 Å². The lowest BCUT2D eigenvalue weighted by Crippen LogP contribution is -2.31. The lowest BCUT2D eigenvalue weighted by Gasteiger charge is -2.19. The highest BCUT2D eigenvalue weighted by Gasteiger charge is 2.38. The minimum Gasteiger partial charge on any atom is -0.311 e. The Morgan fingerprint density at radius 3 is 2.14 bits per heavy atom. The highest BCUT2D eigenvalue weighted by atomic mass is 15.0. The average Bonchev–Trinajstić information content (AvgIpc) is 3.28. The second-order valence-corrected chi connectivity index (χ2v) is 6.71. The van der Waals surface area contributed by atoms with Crippen LogP contribution in [0.1, 0.15) is 83.1 Å². The third kappa shape index (κ3) is 5.82. The van der Waals surface area contributed by atoms with Crippen molar-refractivity contribution in [3.8, 4) is 0 Å². The summed E-state index contributed by atoms with van der Waals surface area (Å²) in [6.07, 6.45) is 12.3. The van der Waals surface area contributed by atoms with Crippen LogP contribution in [0, 0.1) is 0 Å². The molecule has 1 nitrogen and oxygen atoms in total. The number of unbranched alkanes of at least 4 members (excludes halogenated alkanes) is 4. The summed E-state index contributed by atoms with van der Waals surface area (Å²) in [4.78, 5) is 0. The van der Waals surface area contributed by atoms with Crippen LogP contribution in [0.4, 0.5) is 0 Å². The van der Waals surface area contributed by atoms with Gasteiger partial charge in [-0.1, -0.05) is 82.7 Å². The topological polar surface area (TPSA) is 12.0 Å². The Morgan fingerprint density at radius 1 is 0.952 bits per heavy atom. The Morgan fingerprint density at radius 2 is 1.57 bits per heavy atom. The number of nitrogens with one attached hydrogen (secondary N) is 1. The van der Waals surface area contributed by atoms with Gasteiger partial charge in [-0.3, -0.25) is 0 Å². The van der Waals surface area contributed by atoms with Crippen LogP contribution in [0.25, 0.3) is 0 Å². The first-order chi connectivity index (χ1) is 10.3. The van der Waals surface area contributed by atoms with E-state index in [0.29, 0.717) is 0 Å². The zero-order valence-corrected chi connectivity index (χ0v) is 14.0. The summed E-state index contributed by atoms with van der Waals surface area (Å²) in [5.41, 5.74) is 1.52.